The molecule has 4 heteroatoms. The Kier molecular flexibility index (Phi) is 4.83. The van der Waals surface area contributed by atoms with E-state index in [0.717, 1.165) is 16.0 Å². The van der Waals surface area contributed by atoms with Crippen LogP contribution in [0.4, 0.5) is 0 Å². The molecule has 0 amide bonds. The second-order valence-electron chi connectivity index (χ2n) is 3.20. The minimum atomic E-state index is -0.324. The Morgan fingerprint density at radius 2 is 2.27 bits per heavy atom. The van der Waals surface area contributed by atoms with Gasteiger partial charge in [-0.25, -0.2) is 0 Å². The summed E-state index contributed by atoms with van der Waals surface area (Å²) < 4.78 is 0. The van der Waals surface area contributed by atoms with Crippen LogP contribution < -0.4 is 0 Å². The van der Waals surface area contributed by atoms with Gasteiger partial charge >= 0.3 is 0 Å². The van der Waals surface area contributed by atoms with Crippen LogP contribution >= 0.6 is 27.7 Å². The second kappa shape index (κ2) is 5.68. The molecule has 0 aliphatic heterocycles. The number of Topliss-reactive ketones (excluding diaryl/α,β-unsaturated/α-hetero) is 1. The lowest BCUT2D eigenvalue weighted by Gasteiger charge is -2.12. The average molecular weight is 289 g/mol. The second-order valence-corrected chi connectivity index (χ2v) is 4.99. The number of alkyl halides is 1. The maximum Gasteiger partial charge on any atom is 0.147 e. The third-order valence-electron chi connectivity index (χ3n) is 2.15. The van der Waals surface area contributed by atoms with Crippen molar-refractivity contribution < 1.29 is 9.90 Å². The van der Waals surface area contributed by atoms with Gasteiger partial charge in [0.25, 0.3) is 0 Å². The highest BCUT2D eigenvalue weighted by molar-refractivity contribution is 9.09. The summed E-state index contributed by atoms with van der Waals surface area (Å²) in [5, 5.41) is 9.23. The third-order valence-corrected chi connectivity index (χ3v) is 4.01. The highest BCUT2D eigenvalue weighted by Crippen LogP contribution is 2.29. The molecule has 82 valence electrons. The predicted molar refractivity (Wildman–Crippen MR) is 66.5 cm³/mol. The number of ketones is 1. The van der Waals surface area contributed by atoms with Crippen molar-refractivity contribution >= 4 is 33.5 Å². The molecule has 0 aliphatic carbocycles. The fourth-order valence-corrected chi connectivity index (χ4v) is 2.22. The molecule has 1 aromatic rings. The highest BCUT2D eigenvalue weighted by Gasteiger charge is 2.16. The first-order chi connectivity index (χ1) is 7.10. The summed E-state index contributed by atoms with van der Waals surface area (Å²) in [6.45, 7) is 1.49. The van der Waals surface area contributed by atoms with Gasteiger partial charge in [-0.05, 0) is 36.4 Å². The molecular weight excluding hydrogens is 276 g/mol. The minimum Gasteiger partial charge on any atom is -0.392 e. The van der Waals surface area contributed by atoms with Crippen LogP contribution in [-0.2, 0) is 11.4 Å². The van der Waals surface area contributed by atoms with Gasteiger partial charge in [0.2, 0.25) is 0 Å². The molecular formula is C11H13BrO2S. The van der Waals surface area contributed by atoms with E-state index in [9.17, 15) is 9.90 Å². The first-order valence-electron chi connectivity index (χ1n) is 4.52. The number of halogens is 1. The molecule has 1 atom stereocenters. The Balaban J connectivity index is 3.12. The zero-order valence-electron chi connectivity index (χ0n) is 8.66. The molecule has 0 saturated heterocycles. The Hall–Kier alpha value is -0.320. The van der Waals surface area contributed by atoms with Crippen molar-refractivity contribution in [2.45, 2.75) is 23.3 Å². The number of carbonyl (C=O) groups is 1. The molecule has 0 aromatic heterocycles. The minimum absolute atomic E-state index is 0.0425. The molecule has 0 fully saturated rings. The van der Waals surface area contributed by atoms with E-state index in [1.54, 1.807) is 11.8 Å². The Morgan fingerprint density at radius 3 is 2.73 bits per heavy atom. The zero-order chi connectivity index (χ0) is 11.4. The summed E-state index contributed by atoms with van der Waals surface area (Å²) in [4.78, 5) is 12.0. The smallest absolute Gasteiger partial charge is 0.147 e. The van der Waals surface area contributed by atoms with Crippen molar-refractivity contribution in [3.05, 3.63) is 29.3 Å². The number of thioether (sulfide) groups is 1. The highest BCUT2D eigenvalue weighted by atomic mass is 79.9. The van der Waals surface area contributed by atoms with Gasteiger partial charge in [0.15, 0.2) is 0 Å². The number of aliphatic hydroxyl groups is 1. The van der Waals surface area contributed by atoms with Crippen molar-refractivity contribution in [2.24, 2.45) is 0 Å². The van der Waals surface area contributed by atoms with Crippen molar-refractivity contribution in [1.82, 2.24) is 0 Å². The topological polar surface area (TPSA) is 37.3 Å². The Bertz CT molecular complexity index is 366. The zero-order valence-corrected chi connectivity index (χ0v) is 11.1. The largest absolute Gasteiger partial charge is 0.392 e. The van der Waals surface area contributed by atoms with Gasteiger partial charge in [0.1, 0.15) is 5.78 Å². The summed E-state index contributed by atoms with van der Waals surface area (Å²) in [5.41, 5.74) is 1.65. The van der Waals surface area contributed by atoms with Gasteiger partial charge in [-0.2, -0.15) is 0 Å². The van der Waals surface area contributed by atoms with Crippen LogP contribution in [-0.4, -0.2) is 17.1 Å². The lowest BCUT2D eigenvalue weighted by molar-refractivity contribution is -0.116. The molecule has 0 saturated carbocycles. The van der Waals surface area contributed by atoms with Crippen LogP contribution in [0.3, 0.4) is 0 Å². The number of aliphatic hydroxyl groups excluding tert-OH is 1. The summed E-state index contributed by atoms with van der Waals surface area (Å²) in [6, 6.07) is 5.76. The van der Waals surface area contributed by atoms with E-state index >= 15 is 0 Å². The number of hydrogen-bond donors (Lipinski definition) is 1. The van der Waals surface area contributed by atoms with E-state index in [1.165, 1.54) is 6.92 Å². The van der Waals surface area contributed by atoms with Crippen LogP contribution in [0.2, 0.25) is 0 Å². The number of benzene rings is 1. The molecule has 1 aromatic carbocycles. The molecule has 0 spiro atoms. The molecule has 2 nitrogen and oxygen atoms in total. The van der Waals surface area contributed by atoms with E-state index < -0.39 is 0 Å². The number of hydrogen-bond acceptors (Lipinski definition) is 3. The third kappa shape index (κ3) is 3.06. The summed E-state index contributed by atoms with van der Waals surface area (Å²) in [5.74, 6) is 0.0431. The molecule has 0 bridgehead atoms. The SMILES string of the molecule is CSc1ccc(C(Br)C(C)=O)c(CO)c1. The van der Waals surface area contributed by atoms with Gasteiger partial charge < -0.3 is 5.11 Å². The maximum absolute atomic E-state index is 11.2. The van der Waals surface area contributed by atoms with Crippen molar-refractivity contribution in [1.29, 1.82) is 0 Å². The van der Waals surface area contributed by atoms with Gasteiger partial charge in [0.05, 0.1) is 11.4 Å². The molecule has 15 heavy (non-hydrogen) atoms. The van der Waals surface area contributed by atoms with E-state index in [4.69, 9.17) is 0 Å². The summed E-state index contributed by atoms with van der Waals surface area (Å²) in [7, 11) is 0. The molecule has 1 unspecified atom stereocenters. The van der Waals surface area contributed by atoms with Crippen molar-refractivity contribution in [2.75, 3.05) is 6.26 Å². The maximum atomic E-state index is 11.2. The summed E-state index contributed by atoms with van der Waals surface area (Å²) in [6.07, 6.45) is 1.98. The standard InChI is InChI=1S/C11H13BrO2S/c1-7(14)11(12)10-4-3-9(15-2)5-8(10)6-13/h3-5,11,13H,6H2,1-2H3. The molecule has 1 rings (SSSR count). The summed E-state index contributed by atoms with van der Waals surface area (Å²) >= 11 is 4.94. The van der Waals surface area contributed by atoms with E-state index in [2.05, 4.69) is 15.9 Å². The molecule has 1 N–H and O–H groups in total. The first kappa shape index (κ1) is 12.7. The Labute approximate surface area is 102 Å². The van der Waals surface area contributed by atoms with Crippen LogP contribution in [0.15, 0.2) is 23.1 Å². The fourth-order valence-electron chi connectivity index (χ4n) is 1.31. The van der Waals surface area contributed by atoms with Gasteiger partial charge in [-0.3, -0.25) is 4.79 Å². The lowest BCUT2D eigenvalue weighted by atomic mass is 10.0. The Morgan fingerprint density at radius 1 is 1.60 bits per heavy atom. The average Bonchev–Trinajstić information content (AvgIpc) is 2.27. The van der Waals surface area contributed by atoms with Crippen LogP contribution in [0.1, 0.15) is 22.9 Å². The molecule has 0 aliphatic rings. The first-order valence-corrected chi connectivity index (χ1v) is 6.66. The van der Waals surface area contributed by atoms with Crippen LogP contribution in [0, 0.1) is 0 Å². The lowest BCUT2D eigenvalue weighted by Crippen LogP contribution is -2.05. The number of rotatable bonds is 4. The van der Waals surface area contributed by atoms with E-state index in [-0.39, 0.29) is 17.2 Å². The monoisotopic (exact) mass is 288 g/mol. The predicted octanol–water partition coefficient (Wildman–Crippen LogP) is 2.93. The van der Waals surface area contributed by atoms with E-state index in [1.807, 2.05) is 24.5 Å². The van der Waals surface area contributed by atoms with Crippen molar-refractivity contribution in [3.63, 3.8) is 0 Å². The van der Waals surface area contributed by atoms with Gasteiger partial charge in [0, 0.05) is 4.90 Å². The van der Waals surface area contributed by atoms with Crippen LogP contribution in [0.25, 0.3) is 0 Å². The van der Waals surface area contributed by atoms with Crippen molar-refractivity contribution in [3.8, 4) is 0 Å². The fraction of sp³-hybridized carbons (Fsp3) is 0.364. The molecule has 0 heterocycles. The number of carbonyl (C=O) groups excluding carboxylic acids is 1. The van der Waals surface area contributed by atoms with E-state index in [0.29, 0.717) is 0 Å². The van der Waals surface area contributed by atoms with Gasteiger partial charge in [-0.15, -0.1) is 11.8 Å². The van der Waals surface area contributed by atoms with Gasteiger partial charge in [-0.1, -0.05) is 22.0 Å². The van der Waals surface area contributed by atoms with Crippen LogP contribution in [0.5, 0.6) is 0 Å². The quantitative estimate of drug-likeness (QED) is 0.684. The molecule has 0 radical (unpaired) electrons. The normalized spacial score (nSPS) is 12.5.